The lowest BCUT2D eigenvalue weighted by Crippen LogP contribution is -2.31. The summed E-state index contributed by atoms with van der Waals surface area (Å²) in [5.74, 6) is 1.98. The van der Waals surface area contributed by atoms with Gasteiger partial charge in [-0.2, -0.15) is 0 Å². The van der Waals surface area contributed by atoms with Crippen molar-refractivity contribution in [3.63, 3.8) is 0 Å². The quantitative estimate of drug-likeness (QED) is 0.178. The van der Waals surface area contributed by atoms with E-state index >= 15 is 0 Å². The van der Waals surface area contributed by atoms with Crippen molar-refractivity contribution in [2.24, 2.45) is 0 Å². The molecule has 0 unspecified atom stereocenters. The Morgan fingerprint density at radius 1 is 1.19 bits per heavy atom. The number of ether oxygens (including phenoxy) is 2. The summed E-state index contributed by atoms with van der Waals surface area (Å²) in [5.41, 5.74) is 2.79. The first-order chi connectivity index (χ1) is 20.3. The zero-order valence-corrected chi connectivity index (χ0v) is 24.0. The van der Waals surface area contributed by atoms with Crippen LogP contribution in [0.15, 0.2) is 53.6 Å². The third-order valence-electron chi connectivity index (χ3n) is 8.11. The molecule has 0 spiro atoms. The largest absolute Gasteiger partial charge is 0.496 e. The van der Waals surface area contributed by atoms with Crippen molar-refractivity contribution in [2.75, 3.05) is 45.7 Å². The second-order valence-corrected chi connectivity index (χ2v) is 11.0. The molecule has 11 nitrogen and oxygen atoms in total. The molecular weight excluding hydrogens is 536 g/mol. The lowest BCUT2D eigenvalue weighted by atomic mass is 10.1. The molecule has 2 aromatic carbocycles. The standard InChI is InChI=1S/C31H36N6O5/c1-18-26(41-3)5-4-6-27(18)42-17-21(38)15-33-23-7-10-32-30(39)28(23)29-34-24-13-19-16-37(20-8-11-36(2)12-9-20)31(40)22(19)14-25(24)35-29/h4-7,10,13-14,16,20-21,38,40H,8-9,11-12,15,17H2,1-3H3,(H,34,35)(H2,32,33,39)/t21-/m1/s1. The smallest absolute Gasteiger partial charge is 0.261 e. The molecule has 1 saturated heterocycles. The number of aliphatic hydroxyl groups is 1. The first kappa shape index (κ1) is 27.7. The van der Waals surface area contributed by atoms with Crippen LogP contribution in [0.2, 0.25) is 0 Å². The third-order valence-corrected chi connectivity index (χ3v) is 8.11. The number of pyridine rings is 1. The van der Waals surface area contributed by atoms with Gasteiger partial charge in [0.25, 0.3) is 5.56 Å². The van der Waals surface area contributed by atoms with Gasteiger partial charge in [0.2, 0.25) is 0 Å². The summed E-state index contributed by atoms with van der Waals surface area (Å²) in [6, 6.07) is 11.3. The van der Waals surface area contributed by atoms with Crippen molar-refractivity contribution in [3.8, 4) is 28.8 Å². The monoisotopic (exact) mass is 572 g/mol. The molecular formula is C31H36N6O5. The summed E-state index contributed by atoms with van der Waals surface area (Å²) in [4.78, 5) is 26.0. The Hall–Kier alpha value is -4.48. The number of nitrogens with zero attached hydrogens (tertiary/aromatic N) is 3. The van der Waals surface area contributed by atoms with Crippen LogP contribution in [0.5, 0.6) is 17.4 Å². The van der Waals surface area contributed by atoms with Crippen molar-refractivity contribution >= 4 is 27.5 Å². The van der Waals surface area contributed by atoms with Crippen LogP contribution in [-0.4, -0.2) is 81.1 Å². The molecule has 0 bridgehead atoms. The van der Waals surface area contributed by atoms with Gasteiger partial charge in [-0.3, -0.25) is 4.79 Å². The molecule has 42 heavy (non-hydrogen) atoms. The molecule has 6 rings (SSSR count). The first-order valence-corrected chi connectivity index (χ1v) is 14.1. The SMILES string of the molecule is COc1cccc(OC[C@H](O)CNc2cc[nH]c(=O)c2-c2nc3cc4c(O)n(C5CCN(C)CC5)cc4cc3[nH]2)c1C. The first-order valence-electron chi connectivity index (χ1n) is 14.1. The number of aromatic amines is 2. The lowest BCUT2D eigenvalue weighted by molar-refractivity contribution is 0.117. The Bertz CT molecular complexity index is 1780. The fraction of sp³-hybridized carbons (Fsp3) is 0.355. The van der Waals surface area contributed by atoms with Crippen LogP contribution in [0.3, 0.4) is 0 Å². The Morgan fingerprint density at radius 3 is 2.76 bits per heavy atom. The van der Waals surface area contributed by atoms with Gasteiger partial charge in [0.05, 0.1) is 23.8 Å². The van der Waals surface area contributed by atoms with Crippen molar-refractivity contribution in [1.29, 1.82) is 0 Å². The Morgan fingerprint density at radius 2 is 1.98 bits per heavy atom. The summed E-state index contributed by atoms with van der Waals surface area (Å²) in [6.07, 6.45) is 4.67. The van der Waals surface area contributed by atoms with Crippen LogP contribution < -0.4 is 20.3 Å². The number of piperidine rings is 1. The highest BCUT2D eigenvalue weighted by molar-refractivity contribution is 5.99. The fourth-order valence-corrected chi connectivity index (χ4v) is 5.70. The molecule has 220 valence electrons. The van der Waals surface area contributed by atoms with E-state index in [1.807, 2.05) is 48.0 Å². The number of aliphatic hydroxyl groups excluding tert-OH is 1. The van der Waals surface area contributed by atoms with Crippen LogP contribution in [0.1, 0.15) is 24.4 Å². The van der Waals surface area contributed by atoms with E-state index in [1.165, 1.54) is 0 Å². The van der Waals surface area contributed by atoms with Crippen LogP contribution in [0, 0.1) is 6.92 Å². The maximum atomic E-state index is 12.9. The predicted octanol–water partition coefficient (Wildman–Crippen LogP) is 4.01. The van der Waals surface area contributed by atoms with E-state index < -0.39 is 6.10 Å². The Labute approximate surface area is 242 Å². The molecule has 11 heteroatoms. The van der Waals surface area contributed by atoms with Gasteiger partial charge < -0.3 is 44.4 Å². The normalized spacial score (nSPS) is 15.3. The molecule has 0 saturated carbocycles. The number of likely N-dealkylation sites (tertiary alicyclic amines) is 1. The third kappa shape index (κ3) is 5.28. The number of hydrogen-bond acceptors (Lipinski definition) is 8. The average Bonchev–Trinajstić information content (AvgIpc) is 3.54. The number of H-pyrrole nitrogens is 2. The molecule has 0 aliphatic carbocycles. The number of hydrogen-bond donors (Lipinski definition) is 5. The minimum Gasteiger partial charge on any atom is -0.496 e. The topological polar surface area (TPSA) is 141 Å². The number of methoxy groups -OCH3 is 1. The molecule has 5 N–H and O–H groups in total. The predicted molar refractivity (Wildman–Crippen MR) is 163 cm³/mol. The Kier molecular flexibility index (Phi) is 7.53. The zero-order valence-electron chi connectivity index (χ0n) is 24.0. The number of aromatic hydroxyl groups is 1. The lowest BCUT2D eigenvalue weighted by Gasteiger charge is -2.30. The molecule has 1 aliphatic rings. The molecule has 1 aliphatic heterocycles. The second kappa shape index (κ2) is 11.4. The van der Waals surface area contributed by atoms with Gasteiger partial charge in [0.15, 0.2) is 5.88 Å². The van der Waals surface area contributed by atoms with Crippen LogP contribution in [-0.2, 0) is 0 Å². The number of benzene rings is 2. The van der Waals surface area contributed by atoms with Crippen LogP contribution in [0.25, 0.3) is 33.2 Å². The summed E-state index contributed by atoms with van der Waals surface area (Å²) >= 11 is 0. The summed E-state index contributed by atoms with van der Waals surface area (Å²) in [6.45, 7) is 4.10. The number of nitrogens with one attached hydrogen (secondary N) is 3. The number of imidazole rings is 1. The number of rotatable bonds is 9. The molecule has 5 aromatic rings. The van der Waals surface area contributed by atoms with Crippen LogP contribution >= 0.6 is 0 Å². The van der Waals surface area contributed by atoms with Gasteiger partial charge in [-0.25, -0.2) is 4.98 Å². The van der Waals surface area contributed by atoms with Gasteiger partial charge in [-0.1, -0.05) is 6.07 Å². The minimum absolute atomic E-state index is 0.0563. The average molecular weight is 573 g/mol. The van der Waals surface area contributed by atoms with Crippen molar-refractivity contribution in [1.82, 2.24) is 24.4 Å². The number of aromatic nitrogens is 4. The zero-order chi connectivity index (χ0) is 29.4. The highest BCUT2D eigenvalue weighted by Crippen LogP contribution is 2.36. The van der Waals surface area contributed by atoms with Gasteiger partial charge in [0.1, 0.15) is 35.6 Å². The van der Waals surface area contributed by atoms with E-state index in [2.05, 4.69) is 27.2 Å². The maximum absolute atomic E-state index is 12.9. The Balaban J connectivity index is 1.21. The van der Waals surface area contributed by atoms with E-state index in [0.29, 0.717) is 34.1 Å². The van der Waals surface area contributed by atoms with Gasteiger partial charge in [0, 0.05) is 41.3 Å². The molecule has 1 atom stereocenters. The summed E-state index contributed by atoms with van der Waals surface area (Å²) in [7, 11) is 3.72. The molecule has 3 aromatic heterocycles. The molecule has 0 amide bonds. The van der Waals surface area contributed by atoms with E-state index in [1.54, 1.807) is 19.4 Å². The van der Waals surface area contributed by atoms with Gasteiger partial charge >= 0.3 is 0 Å². The van der Waals surface area contributed by atoms with E-state index in [0.717, 1.165) is 47.8 Å². The van der Waals surface area contributed by atoms with Crippen molar-refractivity contribution in [3.05, 3.63) is 64.7 Å². The summed E-state index contributed by atoms with van der Waals surface area (Å²) in [5, 5.41) is 26.5. The van der Waals surface area contributed by atoms with Crippen LogP contribution in [0.4, 0.5) is 5.69 Å². The number of fused-ring (bicyclic) bond motifs is 2. The molecule has 1 fully saturated rings. The van der Waals surface area contributed by atoms with Crippen molar-refractivity contribution < 1.29 is 19.7 Å². The minimum atomic E-state index is -0.844. The summed E-state index contributed by atoms with van der Waals surface area (Å²) < 4.78 is 13.1. The highest BCUT2D eigenvalue weighted by Gasteiger charge is 2.23. The highest BCUT2D eigenvalue weighted by atomic mass is 16.5. The maximum Gasteiger partial charge on any atom is 0.261 e. The molecule has 0 radical (unpaired) electrons. The van der Waals surface area contributed by atoms with E-state index in [9.17, 15) is 15.0 Å². The molecule has 4 heterocycles. The van der Waals surface area contributed by atoms with Crippen molar-refractivity contribution in [2.45, 2.75) is 31.9 Å². The fourth-order valence-electron chi connectivity index (χ4n) is 5.70. The van der Waals surface area contributed by atoms with E-state index in [-0.39, 0.29) is 30.6 Å². The van der Waals surface area contributed by atoms with Gasteiger partial charge in [-0.05, 0) is 70.2 Å². The number of anilines is 1. The van der Waals surface area contributed by atoms with Gasteiger partial charge in [-0.15, -0.1) is 0 Å². The second-order valence-electron chi connectivity index (χ2n) is 11.0. The van der Waals surface area contributed by atoms with E-state index in [4.69, 9.17) is 14.5 Å².